The highest BCUT2D eigenvalue weighted by Gasteiger charge is 2.03. The number of thioether (sulfide) groups is 1. The Morgan fingerprint density at radius 3 is 2.74 bits per heavy atom. The van der Waals surface area contributed by atoms with Crippen molar-refractivity contribution in [3.8, 4) is 0 Å². The number of nitrogens with zero attached hydrogens (tertiary/aromatic N) is 1. The molecular weight excluding hydrogens is 272 g/mol. The van der Waals surface area contributed by atoms with Crippen LogP contribution in [-0.2, 0) is 0 Å². The number of pyridine rings is 1. The summed E-state index contributed by atoms with van der Waals surface area (Å²) in [7, 11) is -0.185. The van der Waals surface area contributed by atoms with Gasteiger partial charge in [-0.1, -0.05) is 48.6 Å². The molecule has 2 aromatic rings. The fraction of sp³-hybridized carbons (Fsp3) is 0.333. The molecule has 0 aliphatic carbocycles. The van der Waals surface area contributed by atoms with E-state index in [2.05, 4.69) is 46.1 Å². The SMILES string of the molecule is C=S(NCCSC)c1cccc2cccnc12.CC. The van der Waals surface area contributed by atoms with Crippen LogP contribution in [0.3, 0.4) is 0 Å². The highest BCUT2D eigenvalue weighted by Crippen LogP contribution is 2.27. The molecule has 1 heterocycles. The zero-order valence-corrected chi connectivity index (χ0v) is 13.5. The summed E-state index contributed by atoms with van der Waals surface area (Å²) in [6, 6.07) is 10.3. The predicted molar refractivity (Wildman–Crippen MR) is 92.5 cm³/mol. The molecule has 4 heteroatoms. The van der Waals surface area contributed by atoms with Crippen molar-refractivity contribution in [2.75, 3.05) is 18.6 Å². The highest BCUT2D eigenvalue weighted by atomic mass is 32.2. The summed E-state index contributed by atoms with van der Waals surface area (Å²) >= 11 is 1.84. The Labute approximate surface area is 123 Å². The molecule has 19 heavy (non-hydrogen) atoms. The normalized spacial score (nSPS) is 11.7. The van der Waals surface area contributed by atoms with Crippen LogP contribution < -0.4 is 4.72 Å². The lowest BCUT2D eigenvalue weighted by Crippen LogP contribution is -2.10. The first-order chi connectivity index (χ1) is 9.33. The van der Waals surface area contributed by atoms with Gasteiger partial charge in [0.05, 0.1) is 5.52 Å². The Kier molecular flexibility index (Phi) is 7.79. The van der Waals surface area contributed by atoms with Gasteiger partial charge in [0, 0.05) is 28.8 Å². The molecular formula is C15H22N2S2. The Morgan fingerprint density at radius 1 is 1.26 bits per heavy atom. The maximum absolute atomic E-state index is 4.45. The number of rotatable bonds is 5. The van der Waals surface area contributed by atoms with Gasteiger partial charge in [-0.05, 0) is 18.4 Å². The van der Waals surface area contributed by atoms with Crippen LogP contribution in [0.1, 0.15) is 13.8 Å². The van der Waals surface area contributed by atoms with Crippen LogP contribution in [0.2, 0.25) is 0 Å². The molecule has 0 saturated carbocycles. The Bertz CT molecular complexity index is 521. The molecule has 1 aromatic heterocycles. The maximum atomic E-state index is 4.45. The summed E-state index contributed by atoms with van der Waals surface area (Å²) in [5.41, 5.74) is 1.06. The first kappa shape index (κ1) is 16.2. The lowest BCUT2D eigenvalue weighted by Gasteiger charge is -2.11. The molecule has 104 valence electrons. The van der Waals surface area contributed by atoms with Crippen molar-refractivity contribution in [3.05, 3.63) is 36.5 Å². The number of hydrogen-bond donors (Lipinski definition) is 1. The summed E-state index contributed by atoms with van der Waals surface area (Å²) in [6.45, 7) is 4.98. The number of aromatic nitrogens is 1. The first-order valence-corrected chi connectivity index (χ1v) is 9.22. The number of fused-ring (bicyclic) bond motifs is 1. The van der Waals surface area contributed by atoms with Gasteiger partial charge in [-0.2, -0.15) is 11.8 Å². The highest BCUT2D eigenvalue weighted by molar-refractivity contribution is 8.12. The van der Waals surface area contributed by atoms with Crippen molar-refractivity contribution in [2.45, 2.75) is 18.7 Å². The second kappa shape index (κ2) is 9.13. The summed E-state index contributed by atoms with van der Waals surface area (Å²) in [5.74, 6) is 5.31. The zero-order chi connectivity index (χ0) is 14.1. The second-order valence-electron chi connectivity index (χ2n) is 3.61. The zero-order valence-electron chi connectivity index (χ0n) is 11.8. The van der Waals surface area contributed by atoms with Crippen molar-refractivity contribution in [1.82, 2.24) is 9.71 Å². The van der Waals surface area contributed by atoms with Crippen LogP contribution in [0.4, 0.5) is 0 Å². The average molecular weight is 294 g/mol. The summed E-state index contributed by atoms with van der Waals surface area (Å²) in [4.78, 5) is 5.65. The van der Waals surface area contributed by atoms with Crippen LogP contribution in [0.5, 0.6) is 0 Å². The van der Waals surface area contributed by atoms with Crippen LogP contribution >= 0.6 is 22.4 Å². The molecule has 0 saturated heterocycles. The van der Waals surface area contributed by atoms with Crippen LogP contribution in [0.25, 0.3) is 10.9 Å². The minimum absolute atomic E-state index is 0.185. The van der Waals surface area contributed by atoms with Crippen LogP contribution in [-0.4, -0.2) is 29.4 Å². The third kappa shape index (κ3) is 4.64. The number of para-hydroxylation sites is 1. The summed E-state index contributed by atoms with van der Waals surface area (Å²) < 4.78 is 3.45. The standard InChI is InChI=1S/C13H16N2S2.C2H6/c1-16-10-9-15-17(2)12-7-3-5-11-6-4-8-14-13(11)12;1-2/h3-8,15H,2,9-10H2,1H3;1-2H3. The average Bonchev–Trinajstić information content (AvgIpc) is 2.49. The summed E-state index contributed by atoms with van der Waals surface area (Å²) in [6.07, 6.45) is 3.95. The Morgan fingerprint density at radius 2 is 2.00 bits per heavy atom. The molecule has 2 nitrogen and oxygen atoms in total. The van der Waals surface area contributed by atoms with E-state index in [9.17, 15) is 0 Å². The fourth-order valence-corrected chi connectivity index (χ4v) is 3.21. The van der Waals surface area contributed by atoms with Gasteiger partial charge in [0.2, 0.25) is 0 Å². The van der Waals surface area contributed by atoms with E-state index in [1.807, 2.05) is 37.9 Å². The third-order valence-corrected chi connectivity index (χ3v) is 4.47. The van der Waals surface area contributed by atoms with Gasteiger partial charge in [0.15, 0.2) is 0 Å². The van der Waals surface area contributed by atoms with E-state index in [-0.39, 0.29) is 10.7 Å². The topological polar surface area (TPSA) is 24.9 Å². The van der Waals surface area contributed by atoms with E-state index < -0.39 is 0 Å². The molecule has 1 atom stereocenters. The van der Waals surface area contributed by atoms with Crippen molar-refractivity contribution >= 4 is 39.2 Å². The van der Waals surface area contributed by atoms with Crippen molar-refractivity contribution in [2.24, 2.45) is 0 Å². The molecule has 1 N–H and O–H groups in total. The van der Waals surface area contributed by atoms with E-state index in [0.29, 0.717) is 0 Å². The van der Waals surface area contributed by atoms with Gasteiger partial charge < -0.3 is 0 Å². The quantitative estimate of drug-likeness (QED) is 0.661. The van der Waals surface area contributed by atoms with E-state index >= 15 is 0 Å². The number of hydrogen-bond acceptors (Lipinski definition) is 3. The van der Waals surface area contributed by atoms with Gasteiger partial charge in [-0.25, -0.2) is 0 Å². The minimum atomic E-state index is -0.185. The van der Waals surface area contributed by atoms with E-state index in [1.165, 1.54) is 10.3 Å². The monoisotopic (exact) mass is 294 g/mol. The second-order valence-corrected chi connectivity index (χ2v) is 6.10. The molecule has 0 radical (unpaired) electrons. The molecule has 0 aliphatic heterocycles. The molecule has 0 spiro atoms. The predicted octanol–water partition coefficient (Wildman–Crippen LogP) is 4.19. The molecule has 1 aromatic carbocycles. The third-order valence-electron chi connectivity index (χ3n) is 2.44. The first-order valence-electron chi connectivity index (χ1n) is 6.43. The van der Waals surface area contributed by atoms with Crippen LogP contribution in [0, 0.1) is 0 Å². The van der Waals surface area contributed by atoms with E-state index in [1.54, 1.807) is 0 Å². The number of benzene rings is 1. The summed E-state index contributed by atoms with van der Waals surface area (Å²) in [5, 5.41) is 1.18. The minimum Gasteiger partial charge on any atom is -0.265 e. The number of nitrogens with one attached hydrogen (secondary N) is 1. The van der Waals surface area contributed by atoms with Crippen LogP contribution in [0.15, 0.2) is 41.4 Å². The van der Waals surface area contributed by atoms with E-state index in [4.69, 9.17) is 0 Å². The fourth-order valence-electron chi connectivity index (χ4n) is 1.62. The Hall–Kier alpha value is -0.840. The largest absolute Gasteiger partial charge is 0.265 e. The smallest absolute Gasteiger partial charge is 0.0845 e. The lowest BCUT2D eigenvalue weighted by molar-refractivity contribution is 1.04. The molecule has 0 fully saturated rings. The van der Waals surface area contributed by atoms with Crippen molar-refractivity contribution < 1.29 is 0 Å². The van der Waals surface area contributed by atoms with Gasteiger partial charge in [-0.3, -0.25) is 9.71 Å². The molecule has 1 unspecified atom stereocenters. The molecule has 0 amide bonds. The van der Waals surface area contributed by atoms with Crippen molar-refractivity contribution in [3.63, 3.8) is 0 Å². The van der Waals surface area contributed by atoms with Gasteiger partial charge in [0.1, 0.15) is 0 Å². The van der Waals surface area contributed by atoms with E-state index in [0.717, 1.165) is 17.8 Å². The lowest BCUT2D eigenvalue weighted by atomic mass is 10.2. The molecule has 2 rings (SSSR count). The van der Waals surface area contributed by atoms with Gasteiger partial charge in [-0.15, -0.1) is 0 Å². The molecule has 0 aliphatic rings. The van der Waals surface area contributed by atoms with Gasteiger partial charge >= 0.3 is 0 Å². The van der Waals surface area contributed by atoms with Crippen molar-refractivity contribution in [1.29, 1.82) is 0 Å². The maximum Gasteiger partial charge on any atom is 0.0845 e. The van der Waals surface area contributed by atoms with Gasteiger partial charge in [0.25, 0.3) is 0 Å². The molecule has 0 bridgehead atoms. The Balaban J connectivity index is 0.000000861.